The van der Waals surface area contributed by atoms with Crippen LogP contribution in [0.3, 0.4) is 0 Å². The van der Waals surface area contributed by atoms with Gasteiger partial charge in [0.05, 0.1) is 17.0 Å². The molecular weight excluding hydrogens is 382 g/mol. The summed E-state index contributed by atoms with van der Waals surface area (Å²) in [5, 5.41) is 13.5. The molecule has 2 fully saturated rings. The maximum absolute atomic E-state index is 12.2. The Morgan fingerprint density at radius 2 is 2.26 bits per heavy atom. The second kappa shape index (κ2) is 7.28. The predicted octanol–water partition coefficient (Wildman–Crippen LogP) is 3.57. The lowest BCUT2D eigenvalue weighted by Gasteiger charge is -2.01. The Morgan fingerprint density at radius 1 is 1.44 bits per heavy atom. The van der Waals surface area contributed by atoms with Gasteiger partial charge < -0.3 is 10.4 Å². The molecule has 4 rings (SSSR count). The van der Waals surface area contributed by atoms with Gasteiger partial charge in [0.25, 0.3) is 5.91 Å². The van der Waals surface area contributed by atoms with Gasteiger partial charge in [-0.3, -0.25) is 9.59 Å². The number of amides is 1. The maximum Gasteiger partial charge on any atom is 0.264 e. The molecule has 1 amide bonds. The minimum atomic E-state index is -0.209. The lowest BCUT2D eigenvalue weighted by atomic mass is 10.2. The van der Waals surface area contributed by atoms with Crippen molar-refractivity contribution in [3.8, 4) is 5.75 Å². The number of aryl methyl sites for hydroxylation is 1. The van der Waals surface area contributed by atoms with Gasteiger partial charge in [0.2, 0.25) is 0 Å². The van der Waals surface area contributed by atoms with Crippen LogP contribution in [0.2, 0.25) is 0 Å². The van der Waals surface area contributed by atoms with Crippen LogP contribution in [0.15, 0.2) is 34.3 Å². The van der Waals surface area contributed by atoms with Crippen molar-refractivity contribution in [2.45, 2.75) is 26.2 Å². The van der Waals surface area contributed by atoms with E-state index in [0.717, 1.165) is 28.3 Å². The highest BCUT2D eigenvalue weighted by Gasteiger charge is 2.30. The molecule has 2 aliphatic rings. The highest BCUT2D eigenvalue weighted by atomic mass is 32.2. The molecule has 0 atom stereocenters. The summed E-state index contributed by atoms with van der Waals surface area (Å²) >= 11 is 2.69. The average Bonchev–Trinajstić information content (AvgIpc) is 3.30. The molecule has 1 aromatic carbocycles. The Kier molecular flexibility index (Phi) is 4.84. The molecule has 0 bridgehead atoms. The second-order valence-corrected chi connectivity index (χ2v) is 8.70. The molecule has 1 aromatic heterocycles. The van der Waals surface area contributed by atoms with E-state index in [1.165, 1.54) is 23.1 Å². The molecule has 1 saturated carbocycles. The molecule has 0 radical (unpaired) electrons. The van der Waals surface area contributed by atoms with Crippen molar-refractivity contribution >= 4 is 51.7 Å². The first kappa shape index (κ1) is 17.9. The third kappa shape index (κ3) is 4.28. The second-order valence-electron chi connectivity index (χ2n) is 6.53. The Bertz CT molecular complexity index is 990. The molecule has 27 heavy (non-hydrogen) atoms. The van der Waals surface area contributed by atoms with Crippen LogP contribution < -0.4 is 5.32 Å². The third-order valence-corrected chi connectivity index (χ3v) is 6.11. The summed E-state index contributed by atoms with van der Waals surface area (Å²) in [5.74, 6) is 0.463. The van der Waals surface area contributed by atoms with Crippen molar-refractivity contribution in [2.75, 3.05) is 0 Å². The topological polar surface area (TPSA) is 91.7 Å². The quantitative estimate of drug-likeness (QED) is 0.750. The Balaban J connectivity index is 1.48. The SMILES string of the molecule is Cc1cc(O)ccc1N=C1NC(=O)/C(=C/c2cnc(CC(=O)C3CC3)s2)S1. The number of carbonyl (C=O) groups is 2. The van der Waals surface area contributed by atoms with Gasteiger partial charge in [-0.05, 0) is 61.4 Å². The molecule has 6 nitrogen and oxygen atoms in total. The number of hydrogen-bond acceptors (Lipinski definition) is 7. The van der Waals surface area contributed by atoms with Crippen molar-refractivity contribution in [3.63, 3.8) is 0 Å². The summed E-state index contributed by atoms with van der Waals surface area (Å²) < 4.78 is 0. The zero-order valence-corrected chi connectivity index (χ0v) is 16.2. The fourth-order valence-corrected chi connectivity index (χ4v) is 4.43. The van der Waals surface area contributed by atoms with E-state index in [-0.39, 0.29) is 23.4 Å². The number of aromatic nitrogens is 1. The molecule has 2 aromatic rings. The van der Waals surface area contributed by atoms with E-state index in [0.29, 0.717) is 22.2 Å². The van der Waals surface area contributed by atoms with Crippen molar-refractivity contribution in [2.24, 2.45) is 10.9 Å². The van der Waals surface area contributed by atoms with Crippen LogP contribution in [0.5, 0.6) is 5.75 Å². The minimum Gasteiger partial charge on any atom is -0.508 e. The number of carbonyl (C=O) groups excluding carboxylic acids is 2. The summed E-state index contributed by atoms with van der Waals surface area (Å²) in [6.45, 7) is 1.85. The molecule has 0 spiro atoms. The summed E-state index contributed by atoms with van der Waals surface area (Å²) in [4.78, 5) is 34.2. The standard InChI is InChI=1S/C19H17N3O3S2/c1-10-6-12(23)4-5-14(10)21-19-22-18(25)16(27-19)7-13-9-20-17(26-13)8-15(24)11-2-3-11/h4-7,9,11,23H,2-3,8H2,1H3,(H,21,22,25)/b16-7-. The fourth-order valence-electron chi connectivity index (χ4n) is 2.66. The Labute approximate surface area is 164 Å². The van der Waals surface area contributed by atoms with E-state index >= 15 is 0 Å². The van der Waals surface area contributed by atoms with E-state index in [2.05, 4.69) is 15.3 Å². The summed E-state index contributed by atoms with van der Waals surface area (Å²) in [7, 11) is 0. The van der Waals surface area contributed by atoms with Crippen LogP contribution >= 0.6 is 23.1 Å². The number of phenols is 1. The van der Waals surface area contributed by atoms with E-state index in [1.807, 2.05) is 6.92 Å². The third-order valence-electron chi connectivity index (χ3n) is 4.26. The predicted molar refractivity (Wildman–Crippen MR) is 107 cm³/mol. The minimum absolute atomic E-state index is 0.182. The Morgan fingerprint density at radius 3 is 3.00 bits per heavy atom. The number of phenolic OH excluding ortho intramolecular Hbond substituents is 1. The van der Waals surface area contributed by atoms with Crippen molar-refractivity contribution < 1.29 is 14.7 Å². The van der Waals surface area contributed by atoms with E-state index in [1.54, 1.807) is 30.5 Å². The first-order valence-electron chi connectivity index (χ1n) is 8.54. The van der Waals surface area contributed by atoms with Gasteiger partial charge in [-0.1, -0.05) is 0 Å². The van der Waals surface area contributed by atoms with Crippen molar-refractivity contribution in [1.29, 1.82) is 0 Å². The average molecular weight is 399 g/mol. The van der Waals surface area contributed by atoms with Crippen LogP contribution in [0.25, 0.3) is 6.08 Å². The number of Topliss-reactive ketones (excluding diaryl/α,β-unsaturated/α-hetero) is 1. The molecule has 1 saturated heterocycles. The van der Waals surface area contributed by atoms with Gasteiger partial charge in [-0.2, -0.15) is 0 Å². The first-order valence-corrected chi connectivity index (χ1v) is 10.2. The number of aliphatic imine (C=N–C) groups is 1. The number of hydrogen-bond donors (Lipinski definition) is 2. The lowest BCUT2D eigenvalue weighted by Crippen LogP contribution is -2.19. The summed E-state index contributed by atoms with van der Waals surface area (Å²) in [5.41, 5.74) is 1.51. The number of thioether (sulfide) groups is 1. The van der Waals surface area contributed by atoms with Gasteiger partial charge in [-0.25, -0.2) is 9.98 Å². The number of benzene rings is 1. The lowest BCUT2D eigenvalue weighted by molar-refractivity contribution is -0.119. The molecule has 8 heteroatoms. The van der Waals surface area contributed by atoms with Gasteiger partial charge >= 0.3 is 0 Å². The Hall–Kier alpha value is -2.45. The van der Waals surface area contributed by atoms with E-state index in [9.17, 15) is 14.7 Å². The highest BCUT2D eigenvalue weighted by molar-refractivity contribution is 8.18. The fraction of sp³-hybridized carbons (Fsp3) is 0.263. The number of aromatic hydroxyl groups is 1. The first-order chi connectivity index (χ1) is 13.0. The largest absolute Gasteiger partial charge is 0.508 e. The molecule has 138 valence electrons. The van der Waals surface area contributed by atoms with E-state index in [4.69, 9.17) is 0 Å². The molecule has 2 heterocycles. The molecule has 0 unspecified atom stereocenters. The zero-order chi connectivity index (χ0) is 19.0. The van der Waals surface area contributed by atoms with Crippen LogP contribution in [0.4, 0.5) is 5.69 Å². The normalized spacial score (nSPS) is 19.7. The number of nitrogens with zero attached hydrogens (tertiary/aromatic N) is 2. The number of nitrogens with one attached hydrogen (secondary N) is 1. The zero-order valence-electron chi connectivity index (χ0n) is 14.6. The van der Waals surface area contributed by atoms with Gasteiger partial charge in [0.15, 0.2) is 5.17 Å². The van der Waals surface area contributed by atoms with Crippen LogP contribution in [-0.2, 0) is 16.0 Å². The van der Waals surface area contributed by atoms with Gasteiger partial charge in [0.1, 0.15) is 16.5 Å². The van der Waals surface area contributed by atoms with Gasteiger partial charge in [0, 0.05) is 17.0 Å². The molecular formula is C19H17N3O3S2. The summed E-state index contributed by atoms with van der Waals surface area (Å²) in [6.07, 6.45) is 5.85. The van der Waals surface area contributed by atoms with Crippen LogP contribution in [0, 0.1) is 12.8 Å². The molecule has 1 aliphatic carbocycles. The number of rotatable bonds is 5. The molecule has 1 aliphatic heterocycles. The van der Waals surface area contributed by atoms with Crippen LogP contribution in [-0.4, -0.2) is 26.9 Å². The monoisotopic (exact) mass is 399 g/mol. The van der Waals surface area contributed by atoms with Gasteiger partial charge in [-0.15, -0.1) is 11.3 Å². The smallest absolute Gasteiger partial charge is 0.264 e. The van der Waals surface area contributed by atoms with Crippen molar-refractivity contribution in [1.82, 2.24) is 10.3 Å². The molecule has 2 N–H and O–H groups in total. The number of ketones is 1. The van der Waals surface area contributed by atoms with E-state index < -0.39 is 0 Å². The van der Waals surface area contributed by atoms with Crippen molar-refractivity contribution in [3.05, 3.63) is 44.7 Å². The summed E-state index contributed by atoms with van der Waals surface area (Å²) in [6, 6.07) is 4.89. The number of thiazole rings is 1. The highest BCUT2D eigenvalue weighted by Crippen LogP contribution is 2.33. The van der Waals surface area contributed by atoms with Crippen LogP contribution in [0.1, 0.15) is 28.3 Å². The maximum atomic E-state index is 12.2. The number of amidine groups is 1.